The van der Waals surface area contributed by atoms with Crippen LogP contribution in [0.4, 0.5) is 0 Å². The third-order valence-corrected chi connectivity index (χ3v) is 2.21. The van der Waals surface area contributed by atoms with Gasteiger partial charge in [0.15, 0.2) is 0 Å². The second kappa shape index (κ2) is 6.46. The normalized spacial score (nSPS) is 12.8. The van der Waals surface area contributed by atoms with E-state index in [0.29, 0.717) is 18.9 Å². The monoisotopic (exact) mass is 208 g/mol. The van der Waals surface area contributed by atoms with E-state index < -0.39 is 0 Å². The molecule has 15 heavy (non-hydrogen) atoms. The van der Waals surface area contributed by atoms with Gasteiger partial charge in [-0.05, 0) is 24.5 Å². The van der Waals surface area contributed by atoms with E-state index in [1.807, 2.05) is 30.3 Å². The van der Waals surface area contributed by atoms with Crippen molar-refractivity contribution in [2.75, 3.05) is 6.61 Å². The maximum atomic E-state index is 9.62. The lowest BCUT2D eigenvalue weighted by Crippen LogP contribution is -2.14. The predicted molar refractivity (Wildman–Crippen MR) is 62.0 cm³/mol. The average molecular weight is 208 g/mol. The number of benzene rings is 1. The Kier molecular flexibility index (Phi) is 5.19. The summed E-state index contributed by atoms with van der Waals surface area (Å²) in [5.41, 5.74) is 0. The minimum atomic E-state index is -0.242. The number of aliphatic hydroxyl groups excluding tert-OH is 1. The Bertz CT molecular complexity index is 256. The SMILES string of the molecule is CC(C)CC(O)CCOc1ccccc1. The van der Waals surface area contributed by atoms with Crippen LogP contribution in [0.1, 0.15) is 26.7 Å². The van der Waals surface area contributed by atoms with Gasteiger partial charge < -0.3 is 9.84 Å². The van der Waals surface area contributed by atoms with Crippen molar-refractivity contribution in [3.63, 3.8) is 0 Å². The van der Waals surface area contributed by atoms with Gasteiger partial charge in [0, 0.05) is 6.42 Å². The fraction of sp³-hybridized carbons (Fsp3) is 0.538. The standard InChI is InChI=1S/C13H20O2/c1-11(2)10-12(14)8-9-15-13-6-4-3-5-7-13/h3-7,11-12,14H,8-10H2,1-2H3. The number of rotatable bonds is 6. The first-order valence-electron chi connectivity index (χ1n) is 5.54. The van der Waals surface area contributed by atoms with Crippen molar-refractivity contribution < 1.29 is 9.84 Å². The van der Waals surface area contributed by atoms with E-state index in [1.165, 1.54) is 0 Å². The highest BCUT2D eigenvalue weighted by Gasteiger charge is 2.06. The van der Waals surface area contributed by atoms with Crippen molar-refractivity contribution in [3.05, 3.63) is 30.3 Å². The molecule has 1 aromatic carbocycles. The van der Waals surface area contributed by atoms with Crippen LogP contribution in [-0.4, -0.2) is 17.8 Å². The van der Waals surface area contributed by atoms with Crippen LogP contribution in [0.25, 0.3) is 0 Å². The third-order valence-electron chi connectivity index (χ3n) is 2.21. The number of hydrogen-bond acceptors (Lipinski definition) is 2. The molecule has 0 saturated heterocycles. The molecule has 0 bridgehead atoms. The van der Waals surface area contributed by atoms with Crippen molar-refractivity contribution in [3.8, 4) is 5.75 Å². The van der Waals surface area contributed by atoms with Crippen molar-refractivity contribution in [1.29, 1.82) is 0 Å². The van der Waals surface area contributed by atoms with Gasteiger partial charge in [0.1, 0.15) is 5.75 Å². The van der Waals surface area contributed by atoms with Crippen molar-refractivity contribution in [2.24, 2.45) is 5.92 Å². The summed E-state index contributed by atoms with van der Waals surface area (Å²) in [5, 5.41) is 9.62. The van der Waals surface area contributed by atoms with Crippen molar-refractivity contribution >= 4 is 0 Å². The molecule has 0 heterocycles. The van der Waals surface area contributed by atoms with E-state index in [0.717, 1.165) is 12.2 Å². The summed E-state index contributed by atoms with van der Waals surface area (Å²) in [6.07, 6.45) is 1.30. The van der Waals surface area contributed by atoms with Crippen LogP contribution in [-0.2, 0) is 0 Å². The average Bonchev–Trinajstić information content (AvgIpc) is 2.18. The molecule has 0 aliphatic rings. The largest absolute Gasteiger partial charge is 0.493 e. The van der Waals surface area contributed by atoms with Gasteiger partial charge in [-0.15, -0.1) is 0 Å². The van der Waals surface area contributed by atoms with E-state index in [-0.39, 0.29) is 6.10 Å². The summed E-state index contributed by atoms with van der Waals surface area (Å²) >= 11 is 0. The number of aliphatic hydroxyl groups is 1. The van der Waals surface area contributed by atoms with Gasteiger partial charge in [-0.1, -0.05) is 32.0 Å². The highest BCUT2D eigenvalue weighted by Crippen LogP contribution is 2.11. The summed E-state index contributed by atoms with van der Waals surface area (Å²) < 4.78 is 5.50. The third kappa shape index (κ3) is 5.43. The smallest absolute Gasteiger partial charge is 0.119 e. The van der Waals surface area contributed by atoms with Crippen LogP contribution in [0.5, 0.6) is 5.75 Å². The first kappa shape index (κ1) is 12.1. The molecular formula is C13H20O2. The van der Waals surface area contributed by atoms with Crippen LogP contribution in [0.3, 0.4) is 0 Å². The summed E-state index contributed by atoms with van der Waals surface area (Å²) in [4.78, 5) is 0. The molecule has 0 aliphatic heterocycles. The first-order chi connectivity index (χ1) is 7.18. The van der Waals surface area contributed by atoms with Crippen LogP contribution < -0.4 is 4.74 Å². The van der Waals surface area contributed by atoms with Gasteiger partial charge in [-0.2, -0.15) is 0 Å². The van der Waals surface area contributed by atoms with Crippen molar-refractivity contribution in [1.82, 2.24) is 0 Å². The van der Waals surface area contributed by atoms with Gasteiger partial charge in [0.25, 0.3) is 0 Å². The van der Waals surface area contributed by atoms with Crippen LogP contribution in [0.15, 0.2) is 30.3 Å². The van der Waals surface area contributed by atoms with Gasteiger partial charge in [0.05, 0.1) is 12.7 Å². The zero-order valence-corrected chi connectivity index (χ0v) is 9.52. The lowest BCUT2D eigenvalue weighted by molar-refractivity contribution is 0.118. The quantitative estimate of drug-likeness (QED) is 0.779. The molecule has 0 radical (unpaired) electrons. The second-order valence-corrected chi connectivity index (χ2v) is 4.23. The van der Waals surface area contributed by atoms with E-state index in [2.05, 4.69) is 13.8 Å². The molecule has 2 nitrogen and oxygen atoms in total. The lowest BCUT2D eigenvalue weighted by atomic mass is 10.0. The van der Waals surface area contributed by atoms with E-state index >= 15 is 0 Å². The Balaban J connectivity index is 2.16. The Morgan fingerprint density at radius 2 is 1.87 bits per heavy atom. The molecule has 0 fully saturated rings. The number of para-hydroxylation sites is 1. The summed E-state index contributed by atoms with van der Waals surface area (Å²) in [6.45, 7) is 4.81. The summed E-state index contributed by atoms with van der Waals surface area (Å²) in [5.74, 6) is 1.41. The molecule has 0 spiro atoms. The maximum Gasteiger partial charge on any atom is 0.119 e. The molecule has 0 amide bonds. The van der Waals surface area contributed by atoms with Crippen LogP contribution in [0.2, 0.25) is 0 Å². The van der Waals surface area contributed by atoms with Gasteiger partial charge in [0.2, 0.25) is 0 Å². The fourth-order valence-electron chi connectivity index (χ4n) is 1.49. The minimum Gasteiger partial charge on any atom is -0.493 e. The molecule has 1 unspecified atom stereocenters. The maximum absolute atomic E-state index is 9.62. The topological polar surface area (TPSA) is 29.5 Å². The molecule has 2 heteroatoms. The second-order valence-electron chi connectivity index (χ2n) is 4.23. The molecule has 0 saturated carbocycles. The minimum absolute atomic E-state index is 0.242. The van der Waals surface area contributed by atoms with E-state index in [9.17, 15) is 5.11 Å². The molecule has 1 aromatic rings. The van der Waals surface area contributed by atoms with Gasteiger partial charge >= 0.3 is 0 Å². The Labute approximate surface area is 91.9 Å². The molecule has 84 valence electrons. The Morgan fingerprint density at radius 1 is 1.20 bits per heavy atom. The molecule has 1 rings (SSSR count). The fourth-order valence-corrected chi connectivity index (χ4v) is 1.49. The molecule has 0 aromatic heterocycles. The van der Waals surface area contributed by atoms with Gasteiger partial charge in [-0.3, -0.25) is 0 Å². The first-order valence-corrected chi connectivity index (χ1v) is 5.54. The highest BCUT2D eigenvalue weighted by molar-refractivity contribution is 5.20. The van der Waals surface area contributed by atoms with Crippen LogP contribution >= 0.6 is 0 Å². The van der Waals surface area contributed by atoms with E-state index in [4.69, 9.17) is 4.74 Å². The van der Waals surface area contributed by atoms with E-state index in [1.54, 1.807) is 0 Å². The number of hydrogen-bond donors (Lipinski definition) is 1. The Hall–Kier alpha value is -1.02. The molecule has 1 N–H and O–H groups in total. The zero-order chi connectivity index (χ0) is 11.1. The molecule has 0 aliphatic carbocycles. The van der Waals surface area contributed by atoms with Crippen molar-refractivity contribution in [2.45, 2.75) is 32.8 Å². The Morgan fingerprint density at radius 3 is 2.47 bits per heavy atom. The highest BCUT2D eigenvalue weighted by atomic mass is 16.5. The van der Waals surface area contributed by atoms with Crippen LogP contribution in [0, 0.1) is 5.92 Å². The van der Waals surface area contributed by atoms with Gasteiger partial charge in [-0.25, -0.2) is 0 Å². The summed E-state index contributed by atoms with van der Waals surface area (Å²) in [6, 6.07) is 9.70. The molecular weight excluding hydrogens is 188 g/mol. The molecule has 1 atom stereocenters. The number of ether oxygens (including phenoxy) is 1. The predicted octanol–water partition coefficient (Wildman–Crippen LogP) is 2.86. The zero-order valence-electron chi connectivity index (χ0n) is 9.52. The summed E-state index contributed by atoms with van der Waals surface area (Å²) in [7, 11) is 0. The lowest BCUT2D eigenvalue weighted by Gasteiger charge is -2.13.